The minimum absolute atomic E-state index is 0.148. The van der Waals surface area contributed by atoms with Gasteiger partial charge in [0.2, 0.25) is 0 Å². The molecule has 0 amide bonds. The Hall–Kier alpha value is -1.81. The number of hydrogen-bond donors (Lipinski definition) is 2. The molecule has 0 saturated carbocycles. The first-order valence-electron chi connectivity index (χ1n) is 10.1. The molecule has 170 valence electrons. The second-order valence-electron chi connectivity index (χ2n) is 8.21. The summed E-state index contributed by atoms with van der Waals surface area (Å²) in [4.78, 5) is 4.67. The van der Waals surface area contributed by atoms with Crippen molar-refractivity contribution in [2.45, 2.75) is 57.5 Å². The van der Waals surface area contributed by atoms with Crippen LogP contribution in [-0.4, -0.2) is 56.4 Å². The summed E-state index contributed by atoms with van der Waals surface area (Å²) in [5, 5.41) is 6.39. The van der Waals surface area contributed by atoms with Crippen molar-refractivity contribution in [3.8, 4) is 0 Å². The highest BCUT2D eigenvalue weighted by molar-refractivity contribution is 7.90. The normalized spacial score (nSPS) is 17.8. The third-order valence-electron chi connectivity index (χ3n) is 5.24. The number of alkyl halides is 3. The number of rotatable bonds is 6. The van der Waals surface area contributed by atoms with Gasteiger partial charge in [0, 0.05) is 31.1 Å². The van der Waals surface area contributed by atoms with E-state index in [0.29, 0.717) is 23.4 Å². The van der Waals surface area contributed by atoms with E-state index in [1.807, 2.05) is 13.8 Å². The van der Waals surface area contributed by atoms with E-state index in [4.69, 9.17) is 0 Å². The smallest absolute Gasteiger partial charge is 0.357 e. The molecule has 1 fully saturated rings. The van der Waals surface area contributed by atoms with Crippen molar-refractivity contribution in [3.63, 3.8) is 0 Å². The third-order valence-corrected chi connectivity index (χ3v) is 6.87. The summed E-state index contributed by atoms with van der Waals surface area (Å²) < 4.78 is 61.8. The molecule has 1 saturated heterocycles. The van der Waals surface area contributed by atoms with Crippen LogP contribution in [0.3, 0.4) is 0 Å². The highest BCUT2D eigenvalue weighted by atomic mass is 32.2. The Morgan fingerprint density at radius 1 is 1.17 bits per heavy atom. The van der Waals surface area contributed by atoms with E-state index in [2.05, 4.69) is 53.7 Å². The van der Waals surface area contributed by atoms with E-state index in [-0.39, 0.29) is 37.4 Å². The zero-order chi connectivity index (χ0) is 22.6. The predicted octanol–water partition coefficient (Wildman–Crippen LogP) is 3.14. The number of aryl methyl sites for hydroxylation is 1. The lowest BCUT2D eigenvalue weighted by Crippen LogP contribution is -2.51. The second kappa shape index (κ2) is 9.55. The molecule has 1 aliphatic heterocycles. The van der Waals surface area contributed by atoms with E-state index in [1.54, 1.807) is 0 Å². The molecule has 30 heavy (non-hydrogen) atoms. The van der Waals surface area contributed by atoms with Gasteiger partial charge < -0.3 is 10.6 Å². The number of sulfonamides is 1. The van der Waals surface area contributed by atoms with E-state index < -0.39 is 15.5 Å². The highest BCUT2D eigenvalue weighted by Gasteiger charge is 2.50. The monoisotopic (exact) mass is 448 g/mol. The number of benzene rings is 1. The molecule has 10 heteroatoms. The Bertz CT molecular complexity index is 829. The molecular weight excluding hydrogens is 417 g/mol. The molecule has 1 aliphatic rings. The average Bonchev–Trinajstić information content (AvgIpc) is 2.66. The summed E-state index contributed by atoms with van der Waals surface area (Å²) in [6, 6.07) is 8.15. The highest BCUT2D eigenvalue weighted by Crippen LogP contribution is 2.29. The van der Waals surface area contributed by atoms with Gasteiger partial charge in [-0.1, -0.05) is 43.7 Å². The van der Waals surface area contributed by atoms with Gasteiger partial charge in [-0.05, 0) is 32.3 Å². The fourth-order valence-electron chi connectivity index (χ4n) is 3.27. The molecule has 0 atom stereocenters. The van der Waals surface area contributed by atoms with Gasteiger partial charge in [-0.15, -0.1) is 0 Å². The topological polar surface area (TPSA) is 73.8 Å². The molecule has 1 heterocycles. The van der Waals surface area contributed by atoms with Crippen molar-refractivity contribution in [1.82, 2.24) is 14.9 Å². The molecule has 0 aromatic heterocycles. The fraction of sp³-hybridized carbons (Fsp3) is 0.650. The first-order chi connectivity index (χ1) is 13.9. The van der Waals surface area contributed by atoms with Crippen molar-refractivity contribution in [3.05, 3.63) is 35.4 Å². The maximum Gasteiger partial charge on any atom is 0.511 e. The minimum Gasteiger partial charge on any atom is -0.357 e. The lowest BCUT2D eigenvalue weighted by Gasteiger charge is -2.33. The van der Waals surface area contributed by atoms with Gasteiger partial charge in [-0.3, -0.25) is 4.99 Å². The molecule has 1 aromatic carbocycles. The van der Waals surface area contributed by atoms with Gasteiger partial charge in [-0.25, -0.2) is 8.42 Å². The first kappa shape index (κ1) is 24.5. The molecule has 1 aromatic rings. The van der Waals surface area contributed by atoms with Crippen LogP contribution in [0.5, 0.6) is 0 Å². The number of aliphatic imine (C=N–C) groups is 1. The summed E-state index contributed by atoms with van der Waals surface area (Å²) in [5.74, 6) is 0.579. The predicted molar refractivity (Wildman–Crippen MR) is 113 cm³/mol. The molecule has 0 bridgehead atoms. The van der Waals surface area contributed by atoms with E-state index >= 15 is 0 Å². The second-order valence-corrected chi connectivity index (χ2v) is 10.1. The number of nitrogens with one attached hydrogen (secondary N) is 2. The Morgan fingerprint density at radius 3 is 2.23 bits per heavy atom. The van der Waals surface area contributed by atoms with Crippen LogP contribution in [-0.2, 0) is 15.4 Å². The molecule has 0 radical (unpaired) electrons. The molecule has 0 spiro atoms. The van der Waals surface area contributed by atoms with Crippen LogP contribution in [0.4, 0.5) is 13.2 Å². The van der Waals surface area contributed by atoms with Gasteiger partial charge in [-0.2, -0.15) is 17.5 Å². The summed E-state index contributed by atoms with van der Waals surface area (Å²) in [6.07, 6.45) is 0.558. The maximum absolute atomic E-state index is 12.7. The summed E-state index contributed by atoms with van der Waals surface area (Å²) >= 11 is 0. The van der Waals surface area contributed by atoms with Gasteiger partial charge in [0.05, 0.1) is 6.54 Å². The SMILES string of the molecule is CCNC(=NCC(C)(C)c1ccc(C)cc1)NC1CCN(S(=O)(=O)C(F)(F)F)CC1. The Morgan fingerprint density at radius 2 is 1.73 bits per heavy atom. The van der Waals surface area contributed by atoms with Crippen LogP contribution in [0.1, 0.15) is 44.7 Å². The third kappa shape index (κ3) is 6.10. The van der Waals surface area contributed by atoms with Gasteiger partial charge in [0.1, 0.15) is 0 Å². The standard InChI is InChI=1S/C20H31F3N4O2S/c1-5-24-18(25-14-19(3,4)16-8-6-15(2)7-9-16)26-17-10-12-27(13-11-17)30(28,29)20(21,22)23/h6-9,17H,5,10-14H2,1-4H3,(H2,24,25,26). The molecule has 2 rings (SSSR count). The first-order valence-corrected chi connectivity index (χ1v) is 11.5. The number of piperidine rings is 1. The van der Waals surface area contributed by atoms with Crippen LogP contribution >= 0.6 is 0 Å². The van der Waals surface area contributed by atoms with Crippen LogP contribution < -0.4 is 10.6 Å². The Kier molecular flexibility index (Phi) is 7.79. The Labute approximate surface area is 177 Å². The zero-order valence-electron chi connectivity index (χ0n) is 17.9. The molecule has 6 nitrogen and oxygen atoms in total. The van der Waals surface area contributed by atoms with Crippen molar-refractivity contribution in [2.75, 3.05) is 26.2 Å². The number of hydrogen-bond acceptors (Lipinski definition) is 3. The zero-order valence-corrected chi connectivity index (χ0v) is 18.7. The van der Waals surface area contributed by atoms with Crippen molar-refractivity contribution in [2.24, 2.45) is 4.99 Å². The van der Waals surface area contributed by atoms with Gasteiger partial charge >= 0.3 is 15.5 Å². The average molecular weight is 449 g/mol. The van der Waals surface area contributed by atoms with Crippen LogP contribution in [0, 0.1) is 6.92 Å². The van der Waals surface area contributed by atoms with E-state index in [0.717, 1.165) is 0 Å². The van der Waals surface area contributed by atoms with Crippen LogP contribution in [0.2, 0.25) is 0 Å². The van der Waals surface area contributed by atoms with Crippen molar-refractivity contribution < 1.29 is 21.6 Å². The molecule has 0 unspecified atom stereocenters. The summed E-state index contributed by atoms with van der Waals surface area (Å²) in [7, 11) is -5.27. The minimum atomic E-state index is -5.27. The van der Waals surface area contributed by atoms with E-state index in [1.165, 1.54) is 11.1 Å². The largest absolute Gasteiger partial charge is 0.511 e. The van der Waals surface area contributed by atoms with Crippen LogP contribution in [0.25, 0.3) is 0 Å². The molecule has 2 N–H and O–H groups in total. The molecule has 0 aliphatic carbocycles. The number of guanidine groups is 1. The quantitative estimate of drug-likeness (QED) is 0.518. The lowest BCUT2D eigenvalue weighted by atomic mass is 9.84. The number of nitrogens with zero attached hydrogens (tertiary/aromatic N) is 2. The fourth-order valence-corrected chi connectivity index (χ4v) is 4.26. The Balaban J connectivity index is 2.00. The lowest BCUT2D eigenvalue weighted by molar-refractivity contribution is -0.0494. The maximum atomic E-state index is 12.7. The summed E-state index contributed by atoms with van der Waals surface area (Å²) in [6.45, 7) is 8.98. The van der Waals surface area contributed by atoms with Crippen molar-refractivity contribution in [1.29, 1.82) is 0 Å². The van der Waals surface area contributed by atoms with Gasteiger partial charge in [0.25, 0.3) is 0 Å². The van der Waals surface area contributed by atoms with E-state index in [9.17, 15) is 21.6 Å². The summed E-state index contributed by atoms with van der Waals surface area (Å²) in [5.41, 5.74) is -3.10. The van der Waals surface area contributed by atoms with Crippen LogP contribution in [0.15, 0.2) is 29.3 Å². The molecular formula is C20H31F3N4O2S. The number of halogens is 3. The van der Waals surface area contributed by atoms with Gasteiger partial charge in [0.15, 0.2) is 5.96 Å². The van der Waals surface area contributed by atoms with Crippen molar-refractivity contribution >= 4 is 16.0 Å².